The van der Waals surface area contributed by atoms with Crippen molar-refractivity contribution < 1.29 is 28.5 Å². The second kappa shape index (κ2) is 18.3. The van der Waals surface area contributed by atoms with E-state index in [-0.39, 0.29) is 26.4 Å². The van der Waals surface area contributed by atoms with E-state index in [1.165, 1.54) is 0 Å². The Bertz CT molecular complexity index is 585. The molecule has 2 rings (SSSR count). The summed E-state index contributed by atoms with van der Waals surface area (Å²) in [7, 11) is 0. The molecule has 0 atom stereocenters. The minimum atomic E-state index is -0.648. The summed E-state index contributed by atoms with van der Waals surface area (Å²) in [4.78, 5) is 23.0. The van der Waals surface area contributed by atoms with Gasteiger partial charge in [-0.25, -0.2) is 0 Å². The first-order chi connectivity index (χ1) is 14.2. The zero-order valence-electron chi connectivity index (χ0n) is 17.8. The summed E-state index contributed by atoms with van der Waals surface area (Å²) < 4.78 is 20.6. The highest BCUT2D eigenvalue weighted by atomic mass is 16.6. The van der Waals surface area contributed by atoms with E-state index in [9.17, 15) is 9.59 Å². The maximum Gasteiger partial charge on any atom is 0.317 e. The van der Waals surface area contributed by atoms with E-state index in [1.807, 2.05) is 64.1 Å². The molecule has 0 saturated carbocycles. The van der Waals surface area contributed by atoms with Gasteiger partial charge in [0.15, 0.2) is 0 Å². The Balaban J connectivity index is 0.00000184. The highest BCUT2D eigenvalue weighted by Gasteiger charge is 2.12. The largest absolute Gasteiger partial charge is 0.490 e. The molecule has 0 aliphatic rings. The summed E-state index contributed by atoms with van der Waals surface area (Å²) in [5.74, 6) is 0.0871. The van der Waals surface area contributed by atoms with Crippen LogP contribution in [0.5, 0.6) is 11.5 Å². The number of carbonyl (C=O) groups excluding carboxylic acids is 2. The highest BCUT2D eigenvalue weighted by Crippen LogP contribution is 2.08. The minimum Gasteiger partial charge on any atom is -0.490 e. The minimum absolute atomic E-state index is 0.0676. The molecule has 6 heteroatoms. The Morgan fingerprint density at radius 2 is 0.931 bits per heavy atom. The molecule has 0 saturated heterocycles. The number of para-hydroxylation sites is 2. The Labute approximate surface area is 173 Å². The lowest BCUT2D eigenvalue weighted by molar-refractivity contribution is -0.155. The lowest BCUT2D eigenvalue weighted by atomic mass is 10.3. The quantitative estimate of drug-likeness (QED) is 0.325. The molecule has 0 aromatic heterocycles. The van der Waals surface area contributed by atoms with Crippen molar-refractivity contribution >= 4 is 11.9 Å². The molecule has 0 radical (unpaired) electrons. The van der Waals surface area contributed by atoms with Crippen molar-refractivity contribution in [1.82, 2.24) is 0 Å². The zero-order valence-corrected chi connectivity index (χ0v) is 17.8. The summed E-state index contributed by atoms with van der Waals surface area (Å²) in [5.41, 5.74) is 0. The van der Waals surface area contributed by atoms with Crippen molar-refractivity contribution in [2.45, 2.75) is 34.1 Å². The van der Waals surface area contributed by atoms with Crippen molar-refractivity contribution in [3.05, 3.63) is 60.7 Å². The molecule has 0 aliphatic heterocycles. The van der Waals surface area contributed by atoms with Gasteiger partial charge in [-0.1, -0.05) is 64.1 Å². The molecular weight excluding hydrogens is 372 g/mol. The Morgan fingerprint density at radius 3 is 1.28 bits per heavy atom. The fraction of sp³-hybridized carbons (Fsp3) is 0.391. The number of esters is 2. The number of rotatable bonds is 10. The predicted molar refractivity (Wildman–Crippen MR) is 113 cm³/mol. The number of carbonyl (C=O) groups is 2. The first-order valence-electron chi connectivity index (χ1n) is 9.91. The van der Waals surface area contributed by atoms with Crippen LogP contribution in [0.2, 0.25) is 0 Å². The van der Waals surface area contributed by atoms with Crippen LogP contribution in [0.3, 0.4) is 0 Å². The second-order valence-corrected chi connectivity index (χ2v) is 4.94. The molecule has 0 unspecified atom stereocenters. The molecule has 0 bridgehead atoms. The summed E-state index contributed by atoms with van der Waals surface area (Å²) in [6.07, 6.45) is -0.434. The van der Waals surface area contributed by atoms with Gasteiger partial charge in [-0.15, -0.1) is 0 Å². The van der Waals surface area contributed by atoms with Crippen LogP contribution in [0, 0.1) is 0 Å². The smallest absolute Gasteiger partial charge is 0.317 e. The number of benzene rings is 2. The number of ether oxygens (including phenoxy) is 4. The van der Waals surface area contributed by atoms with E-state index in [0.717, 1.165) is 0 Å². The molecule has 2 aromatic rings. The fourth-order valence-corrected chi connectivity index (χ4v) is 1.88. The normalized spacial score (nSPS) is 8.97. The van der Waals surface area contributed by atoms with Gasteiger partial charge in [0, 0.05) is 0 Å². The molecule has 2 aromatic carbocycles. The van der Waals surface area contributed by atoms with Crippen LogP contribution in [0.15, 0.2) is 60.7 Å². The van der Waals surface area contributed by atoms with Gasteiger partial charge in [-0.05, 0) is 24.3 Å². The topological polar surface area (TPSA) is 71.1 Å². The lowest BCUT2D eigenvalue weighted by Gasteiger charge is -2.08. The SMILES string of the molecule is CC.CC.O=C(CC(=O)OCCOc1ccccc1)OCCOc1ccccc1. The van der Waals surface area contributed by atoms with Crippen molar-refractivity contribution in [2.75, 3.05) is 26.4 Å². The van der Waals surface area contributed by atoms with Crippen LogP contribution in [-0.4, -0.2) is 38.4 Å². The third-order valence-electron chi connectivity index (χ3n) is 3.01. The van der Waals surface area contributed by atoms with Crippen LogP contribution >= 0.6 is 0 Å². The third-order valence-corrected chi connectivity index (χ3v) is 3.01. The van der Waals surface area contributed by atoms with E-state index in [4.69, 9.17) is 18.9 Å². The van der Waals surface area contributed by atoms with E-state index < -0.39 is 18.4 Å². The first kappa shape index (κ1) is 26.0. The van der Waals surface area contributed by atoms with Crippen LogP contribution in [-0.2, 0) is 19.1 Å². The van der Waals surface area contributed by atoms with Crippen LogP contribution in [0.4, 0.5) is 0 Å². The van der Waals surface area contributed by atoms with Gasteiger partial charge in [0.2, 0.25) is 0 Å². The summed E-state index contributed by atoms with van der Waals surface area (Å²) in [5, 5.41) is 0. The van der Waals surface area contributed by atoms with Gasteiger partial charge in [0.25, 0.3) is 0 Å². The molecule has 0 amide bonds. The molecule has 160 valence electrons. The van der Waals surface area contributed by atoms with Crippen molar-refractivity contribution in [3.63, 3.8) is 0 Å². The highest BCUT2D eigenvalue weighted by molar-refractivity contribution is 5.91. The van der Waals surface area contributed by atoms with Gasteiger partial charge in [0.1, 0.15) is 44.3 Å². The van der Waals surface area contributed by atoms with Crippen molar-refractivity contribution in [3.8, 4) is 11.5 Å². The Morgan fingerprint density at radius 1 is 0.586 bits per heavy atom. The molecule has 0 N–H and O–H groups in total. The first-order valence-corrected chi connectivity index (χ1v) is 9.91. The lowest BCUT2D eigenvalue weighted by Crippen LogP contribution is -2.18. The molecule has 29 heavy (non-hydrogen) atoms. The molecule has 0 spiro atoms. The van der Waals surface area contributed by atoms with Crippen LogP contribution in [0.25, 0.3) is 0 Å². The van der Waals surface area contributed by atoms with E-state index >= 15 is 0 Å². The monoisotopic (exact) mass is 404 g/mol. The van der Waals surface area contributed by atoms with Gasteiger partial charge >= 0.3 is 11.9 Å². The number of hydrogen-bond acceptors (Lipinski definition) is 6. The Hall–Kier alpha value is -3.02. The molecule has 0 fully saturated rings. The maximum atomic E-state index is 11.5. The van der Waals surface area contributed by atoms with Crippen LogP contribution < -0.4 is 9.47 Å². The standard InChI is InChI=1S/C19H20O6.2C2H6/c20-18(24-13-11-22-16-7-3-1-4-8-16)15-19(21)25-14-12-23-17-9-5-2-6-10-17;2*1-2/h1-10H,11-15H2;2*1-2H3. The summed E-state index contributed by atoms with van der Waals surface area (Å²) in [6.45, 7) is 8.57. The molecule has 0 heterocycles. The van der Waals surface area contributed by atoms with Gasteiger partial charge in [0.05, 0.1) is 0 Å². The number of hydrogen-bond donors (Lipinski definition) is 0. The third kappa shape index (κ3) is 13.7. The van der Waals surface area contributed by atoms with E-state index in [1.54, 1.807) is 24.3 Å². The van der Waals surface area contributed by atoms with Crippen molar-refractivity contribution in [1.29, 1.82) is 0 Å². The summed E-state index contributed by atoms with van der Waals surface area (Å²) >= 11 is 0. The summed E-state index contributed by atoms with van der Waals surface area (Å²) in [6, 6.07) is 18.4. The van der Waals surface area contributed by atoms with E-state index in [2.05, 4.69) is 0 Å². The van der Waals surface area contributed by atoms with Gasteiger partial charge < -0.3 is 18.9 Å². The zero-order chi connectivity index (χ0) is 21.7. The van der Waals surface area contributed by atoms with Gasteiger partial charge in [-0.2, -0.15) is 0 Å². The average molecular weight is 405 g/mol. The predicted octanol–water partition coefficient (Wildman–Crippen LogP) is 4.67. The molecule has 0 aliphatic carbocycles. The molecular formula is C23H32O6. The molecule has 6 nitrogen and oxygen atoms in total. The maximum absolute atomic E-state index is 11.5. The van der Waals surface area contributed by atoms with Crippen LogP contribution in [0.1, 0.15) is 34.1 Å². The van der Waals surface area contributed by atoms with Crippen molar-refractivity contribution in [2.24, 2.45) is 0 Å². The van der Waals surface area contributed by atoms with Gasteiger partial charge in [-0.3, -0.25) is 9.59 Å². The average Bonchev–Trinajstić information content (AvgIpc) is 2.78. The second-order valence-electron chi connectivity index (χ2n) is 4.94. The van der Waals surface area contributed by atoms with E-state index in [0.29, 0.717) is 11.5 Å². The Kier molecular flexibility index (Phi) is 16.4. The fourth-order valence-electron chi connectivity index (χ4n) is 1.88.